The average Bonchev–Trinajstić information content (AvgIpc) is 2.36. The third-order valence-electron chi connectivity index (χ3n) is 2.79. The summed E-state index contributed by atoms with van der Waals surface area (Å²) in [6.07, 6.45) is 1.96. The van der Waals surface area contributed by atoms with Crippen LogP contribution >= 0.6 is 11.8 Å². The van der Waals surface area contributed by atoms with Crippen molar-refractivity contribution in [2.45, 2.75) is 18.4 Å². The van der Waals surface area contributed by atoms with Crippen LogP contribution in [0, 0.1) is 6.92 Å². The minimum absolute atomic E-state index is 0.345. The summed E-state index contributed by atoms with van der Waals surface area (Å²) < 4.78 is 26.2. The number of nitrogens with zero attached hydrogens (tertiary/aromatic N) is 1. The maximum atomic E-state index is 12.4. The smallest absolute Gasteiger partial charge is 0.243 e. The summed E-state index contributed by atoms with van der Waals surface area (Å²) in [4.78, 5) is 0.356. The van der Waals surface area contributed by atoms with E-state index < -0.39 is 10.0 Å². The van der Waals surface area contributed by atoms with Gasteiger partial charge in [-0.3, -0.25) is 0 Å². The molecule has 6 heteroatoms. The molecule has 0 bridgehead atoms. The van der Waals surface area contributed by atoms with Gasteiger partial charge in [0.1, 0.15) is 0 Å². The van der Waals surface area contributed by atoms with Crippen LogP contribution in [0.25, 0.3) is 0 Å². The summed E-state index contributed by atoms with van der Waals surface area (Å²) in [6.45, 7) is 2.66. The second kappa shape index (κ2) is 6.56. The molecule has 0 saturated heterocycles. The summed E-state index contributed by atoms with van der Waals surface area (Å²) in [5.74, 6) is 0.783. The molecule has 0 aliphatic carbocycles. The lowest BCUT2D eigenvalue weighted by Crippen LogP contribution is -2.29. The summed E-state index contributed by atoms with van der Waals surface area (Å²) in [5.41, 5.74) is 7.14. The summed E-state index contributed by atoms with van der Waals surface area (Å²) in [7, 11) is -1.80. The van der Waals surface area contributed by atoms with Gasteiger partial charge in [0, 0.05) is 25.9 Å². The Balaban J connectivity index is 3.11. The third-order valence-corrected chi connectivity index (χ3v) is 5.38. The molecule has 0 aromatic heterocycles. The van der Waals surface area contributed by atoms with E-state index in [0.29, 0.717) is 18.0 Å². The molecular weight excluding hydrogens is 268 g/mol. The minimum atomic E-state index is -3.41. The predicted octanol–water partition coefficient (Wildman–Crippen LogP) is 1.44. The molecule has 1 aromatic carbocycles. The highest BCUT2D eigenvalue weighted by atomic mass is 32.2. The van der Waals surface area contributed by atoms with Crippen LogP contribution in [0.1, 0.15) is 11.1 Å². The highest BCUT2D eigenvalue weighted by molar-refractivity contribution is 7.98. The molecule has 2 N–H and O–H groups in total. The lowest BCUT2D eigenvalue weighted by molar-refractivity contribution is 0.488. The van der Waals surface area contributed by atoms with Crippen LogP contribution in [-0.4, -0.2) is 38.3 Å². The molecule has 0 atom stereocenters. The molecule has 0 amide bonds. The normalized spacial score (nSPS) is 12.1. The van der Waals surface area contributed by atoms with E-state index in [2.05, 4.69) is 0 Å². The van der Waals surface area contributed by atoms with Gasteiger partial charge in [0.25, 0.3) is 0 Å². The van der Waals surface area contributed by atoms with Crippen molar-refractivity contribution in [1.82, 2.24) is 4.31 Å². The van der Waals surface area contributed by atoms with Gasteiger partial charge in [0.05, 0.1) is 4.90 Å². The fourth-order valence-electron chi connectivity index (χ4n) is 1.56. The first kappa shape index (κ1) is 15.5. The van der Waals surface area contributed by atoms with Crippen LogP contribution in [0.2, 0.25) is 0 Å². The number of benzene rings is 1. The Morgan fingerprint density at radius 3 is 2.61 bits per heavy atom. The highest BCUT2D eigenvalue weighted by Gasteiger charge is 2.22. The Labute approximate surface area is 114 Å². The standard InChI is InChI=1S/C12H20N2O2S2/c1-10-4-5-11(9-13)8-12(10)18(15,16)14(2)6-7-17-3/h4-5,8H,6-7,9,13H2,1-3H3. The van der Waals surface area contributed by atoms with Gasteiger partial charge in [-0.1, -0.05) is 12.1 Å². The average molecular weight is 288 g/mol. The molecule has 0 spiro atoms. The quantitative estimate of drug-likeness (QED) is 0.860. The second-order valence-electron chi connectivity index (χ2n) is 4.12. The van der Waals surface area contributed by atoms with E-state index in [1.165, 1.54) is 4.31 Å². The van der Waals surface area contributed by atoms with Gasteiger partial charge in [-0.2, -0.15) is 11.8 Å². The third kappa shape index (κ3) is 3.47. The fourth-order valence-corrected chi connectivity index (χ4v) is 3.57. The fraction of sp³-hybridized carbons (Fsp3) is 0.500. The molecule has 1 rings (SSSR count). The van der Waals surface area contributed by atoms with E-state index in [1.54, 1.807) is 37.9 Å². The highest BCUT2D eigenvalue weighted by Crippen LogP contribution is 2.20. The SMILES string of the molecule is CSCCN(C)S(=O)(=O)c1cc(CN)ccc1C. The largest absolute Gasteiger partial charge is 0.326 e. The van der Waals surface area contributed by atoms with Gasteiger partial charge in [-0.15, -0.1) is 0 Å². The van der Waals surface area contributed by atoms with Crippen LogP contribution in [0.4, 0.5) is 0 Å². The summed E-state index contributed by atoms with van der Waals surface area (Å²) in [6, 6.07) is 5.33. The monoisotopic (exact) mass is 288 g/mol. The molecule has 0 heterocycles. The van der Waals surface area contributed by atoms with Crippen molar-refractivity contribution in [3.8, 4) is 0 Å². The maximum absolute atomic E-state index is 12.4. The van der Waals surface area contributed by atoms with E-state index in [-0.39, 0.29) is 0 Å². The lowest BCUT2D eigenvalue weighted by Gasteiger charge is -2.18. The predicted molar refractivity (Wildman–Crippen MR) is 77.3 cm³/mol. The minimum Gasteiger partial charge on any atom is -0.326 e. The zero-order valence-corrected chi connectivity index (χ0v) is 12.6. The molecule has 4 nitrogen and oxygen atoms in total. The van der Waals surface area contributed by atoms with Crippen LogP contribution in [-0.2, 0) is 16.6 Å². The summed E-state index contributed by atoms with van der Waals surface area (Å²) in [5, 5.41) is 0. The van der Waals surface area contributed by atoms with Crippen LogP contribution in [0.3, 0.4) is 0 Å². The molecule has 102 valence electrons. The van der Waals surface area contributed by atoms with Gasteiger partial charge >= 0.3 is 0 Å². The van der Waals surface area contributed by atoms with Crippen molar-refractivity contribution in [2.24, 2.45) is 5.73 Å². The first-order valence-electron chi connectivity index (χ1n) is 5.68. The Morgan fingerprint density at radius 2 is 2.06 bits per heavy atom. The van der Waals surface area contributed by atoms with Gasteiger partial charge in [0.2, 0.25) is 10.0 Å². The van der Waals surface area contributed by atoms with Crippen LogP contribution < -0.4 is 5.73 Å². The zero-order chi connectivity index (χ0) is 13.8. The zero-order valence-electron chi connectivity index (χ0n) is 11.0. The Morgan fingerprint density at radius 1 is 1.39 bits per heavy atom. The van der Waals surface area contributed by atoms with Crippen molar-refractivity contribution in [2.75, 3.05) is 25.6 Å². The van der Waals surface area contributed by atoms with E-state index in [0.717, 1.165) is 16.9 Å². The van der Waals surface area contributed by atoms with E-state index in [9.17, 15) is 8.42 Å². The van der Waals surface area contributed by atoms with Crippen molar-refractivity contribution < 1.29 is 8.42 Å². The molecule has 0 unspecified atom stereocenters. The first-order chi connectivity index (χ1) is 8.43. The number of hydrogen-bond acceptors (Lipinski definition) is 4. The van der Waals surface area contributed by atoms with Gasteiger partial charge in [0.15, 0.2) is 0 Å². The second-order valence-corrected chi connectivity index (χ2v) is 7.12. The molecular formula is C12H20N2O2S2. The molecule has 0 fully saturated rings. The Bertz CT molecular complexity index is 501. The number of hydrogen-bond donors (Lipinski definition) is 1. The number of rotatable bonds is 6. The van der Waals surface area contributed by atoms with Gasteiger partial charge < -0.3 is 5.73 Å². The summed E-state index contributed by atoms with van der Waals surface area (Å²) >= 11 is 1.63. The van der Waals surface area contributed by atoms with E-state index in [1.807, 2.05) is 12.3 Å². The van der Waals surface area contributed by atoms with Crippen molar-refractivity contribution in [1.29, 1.82) is 0 Å². The van der Waals surface area contributed by atoms with Crippen molar-refractivity contribution in [3.63, 3.8) is 0 Å². The molecule has 0 aliphatic heterocycles. The molecule has 0 aliphatic rings. The number of thioether (sulfide) groups is 1. The van der Waals surface area contributed by atoms with Crippen LogP contribution in [0.5, 0.6) is 0 Å². The Hall–Kier alpha value is -0.560. The molecule has 18 heavy (non-hydrogen) atoms. The van der Waals surface area contributed by atoms with E-state index in [4.69, 9.17) is 5.73 Å². The van der Waals surface area contributed by atoms with E-state index >= 15 is 0 Å². The van der Waals surface area contributed by atoms with Gasteiger partial charge in [-0.05, 0) is 30.4 Å². The molecule has 0 radical (unpaired) electrons. The number of aryl methyl sites for hydroxylation is 1. The van der Waals surface area contributed by atoms with Crippen LogP contribution in [0.15, 0.2) is 23.1 Å². The maximum Gasteiger partial charge on any atom is 0.243 e. The Kier molecular flexibility index (Phi) is 5.65. The topological polar surface area (TPSA) is 63.4 Å². The number of nitrogens with two attached hydrogens (primary N) is 1. The number of sulfonamides is 1. The van der Waals surface area contributed by atoms with Crippen molar-refractivity contribution in [3.05, 3.63) is 29.3 Å². The van der Waals surface area contributed by atoms with Crippen molar-refractivity contribution >= 4 is 21.8 Å². The molecule has 1 aromatic rings. The van der Waals surface area contributed by atoms with Gasteiger partial charge in [-0.25, -0.2) is 12.7 Å². The molecule has 0 saturated carbocycles. The lowest BCUT2D eigenvalue weighted by atomic mass is 10.1. The first-order valence-corrected chi connectivity index (χ1v) is 8.51.